The average Bonchev–Trinajstić information content (AvgIpc) is 2.64. The third kappa shape index (κ3) is 17.3. The Kier molecular flexibility index (Phi) is 21.0. The summed E-state index contributed by atoms with van der Waals surface area (Å²) in [7, 11) is 0. The van der Waals surface area contributed by atoms with Gasteiger partial charge in [0.25, 0.3) is 0 Å². The molecule has 26 heavy (non-hydrogen) atoms. The zero-order valence-electron chi connectivity index (χ0n) is 17.9. The van der Waals surface area contributed by atoms with Crippen LogP contribution in [-0.4, -0.2) is 72.5 Å². The Hall–Kier alpha value is -0.160. The van der Waals surface area contributed by atoms with Gasteiger partial charge in [0.2, 0.25) is 0 Å². The molecule has 0 aromatic carbocycles. The summed E-state index contributed by atoms with van der Waals surface area (Å²) in [5.74, 6) is 0. The molecule has 0 aliphatic carbocycles. The number of aliphatic hydroxyl groups excluding tert-OH is 2. The fraction of sp³-hybridized carbons (Fsp3) is 1.00. The molecule has 0 amide bonds. The number of unbranched alkanes of at least 4 members (excludes halogenated alkanes) is 10. The Labute approximate surface area is 164 Å². The molecule has 0 atom stereocenters. The highest BCUT2D eigenvalue weighted by molar-refractivity contribution is 4.64. The molecule has 0 rings (SSSR count). The van der Waals surface area contributed by atoms with Gasteiger partial charge in [0, 0.05) is 26.2 Å². The maximum Gasteiger partial charge on any atom is 0.0558 e. The van der Waals surface area contributed by atoms with Crippen molar-refractivity contribution >= 4 is 0 Å². The van der Waals surface area contributed by atoms with E-state index in [-0.39, 0.29) is 13.2 Å². The fourth-order valence-corrected chi connectivity index (χ4v) is 3.47. The first-order valence-electron chi connectivity index (χ1n) is 11.4. The van der Waals surface area contributed by atoms with Gasteiger partial charge in [-0.25, -0.2) is 0 Å². The van der Waals surface area contributed by atoms with Crippen molar-refractivity contribution in [3.05, 3.63) is 0 Å². The summed E-state index contributed by atoms with van der Waals surface area (Å²) < 4.78 is 0. The first-order valence-corrected chi connectivity index (χ1v) is 11.4. The van der Waals surface area contributed by atoms with E-state index in [9.17, 15) is 10.2 Å². The minimum absolute atomic E-state index is 0.243. The second-order valence-corrected chi connectivity index (χ2v) is 7.67. The molecule has 0 aromatic rings. The van der Waals surface area contributed by atoms with Gasteiger partial charge in [-0.3, -0.25) is 9.80 Å². The molecule has 0 aromatic heterocycles. The van der Waals surface area contributed by atoms with E-state index in [0.29, 0.717) is 0 Å². The van der Waals surface area contributed by atoms with E-state index in [1.165, 1.54) is 77.0 Å². The van der Waals surface area contributed by atoms with E-state index >= 15 is 0 Å². The third-order valence-electron chi connectivity index (χ3n) is 5.22. The summed E-state index contributed by atoms with van der Waals surface area (Å²) >= 11 is 0. The van der Waals surface area contributed by atoms with E-state index in [4.69, 9.17) is 0 Å². The van der Waals surface area contributed by atoms with Gasteiger partial charge in [-0.05, 0) is 25.9 Å². The Morgan fingerprint density at radius 3 is 1.12 bits per heavy atom. The molecular weight excluding hydrogens is 324 g/mol. The highest BCUT2D eigenvalue weighted by atomic mass is 16.3. The summed E-state index contributed by atoms with van der Waals surface area (Å²) in [6, 6.07) is 0. The lowest BCUT2D eigenvalue weighted by atomic mass is 10.1. The number of hydrogen-bond acceptors (Lipinski definition) is 4. The molecule has 4 nitrogen and oxygen atoms in total. The average molecular weight is 373 g/mol. The molecule has 0 unspecified atom stereocenters. The summed E-state index contributed by atoms with van der Waals surface area (Å²) in [6.45, 7) is 10.8. The van der Waals surface area contributed by atoms with Crippen LogP contribution in [0.3, 0.4) is 0 Å². The zero-order valence-corrected chi connectivity index (χ0v) is 17.9. The summed E-state index contributed by atoms with van der Waals surface area (Å²) in [4.78, 5) is 4.79. The van der Waals surface area contributed by atoms with Gasteiger partial charge in [-0.15, -0.1) is 0 Å². The Balaban J connectivity index is 3.93. The number of rotatable bonds is 21. The lowest BCUT2D eigenvalue weighted by Gasteiger charge is -2.27. The van der Waals surface area contributed by atoms with Gasteiger partial charge >= 0.3 is 0 Å². The molecule has 2 N–H and O–H groups in total. The standard InChI is InChI=1S/C22H48N2O2/c1-3-5-7-9-11-13-15-23(19-21-25)17-18-24(20-22-26)16-14-12-10-8-6-4-2/h25-26H,3-22H2,1-2H3. The first kappa shape index (κ1) is 25.8. The second kappa shape index (κ2) is 21.1. The molecular formula is C22H48N2O2. The van der Waals surface area contributed by atoms with Crippen LogP contribution in [-0.2, 0) is 0 Å². The summed E-state index contributed by atoms with van der Waals surface area (Å²) in [5, 5.41) is 18.7. The molecule has 158 valence electrons. The molecule has 0 saturated carbocycles. The van der Waals surface area contributed by atoms with Crippen LogP contribution in [0.25, 0.3) is 0 Å². The van der Waals surface area contributed by atoms with Crippen molar-refractivity contribution in [1.82, 2.24) is 9.80 Å². The van der Waals surface area contributed by atoms with Crippen LogP contribution in [0.5, 0.6) is 0 Å². The number of hydrogen-bond donors (Lipinski definition) is 2. The zero-order chi connectivity index (χ0) is 19.3. The van der Waals surface area contributed by atoms with Gasteiger partial charge in [0.1, 0.15) is 0 Å². The normalized spacial score (nSPS) is 11.8. The van der Waals surface area contributed by atoms with Gasteiger partial charge in [0.15, 0.2) is 0 Å². The molecule has 0 aliphatic rings. The molecule has 0 heterocycles. The minimum Gasteiger partial charge on any atom is -0.395 e. The summed E-state index contributed by atoms with van der Waals surface area (Å²) in [5.41, 5.74) is 0. The monoisotopic (exact) mass is 372 g/mol. The smallest absolute Gasteiger partial charge is 0.0558 e. The van der Waals surface area contributed by atoms with Crippen molar-refractivity contribution < 1.29 is 10.2 Å². The van der Waals surface area contributed by atoms with Gasteiger partial charge in [-0.1, -0.05) is 78.1 Å². The third-order valence-corrected chi connectivity index (χ3v) is 5.22. The maximum absolute atomic E-state index is 9.33. The topological polar surface area (TPSA) is 46.9 Å². The summed E-state index contributed by atoms with van der Waals surface area (Å²) in [6.07, 6.45) is 15.8. The predicted octanol–water partition coefficient (Wildman–Crippen LogP) is 4.30. The SMILES string of the molecule is CCCCCCCCN(CCO)CCN(CCO)CCCCCCCC. The van der Waals surface area contributed by atoms with Crippen LogP contribution < -0.4 is 0 Å². The van der Waals surface area contributed by atoms with Crippen LogP contribution in [0.2, 0.25) is 0 Å². The van der Waals surface area contributed by atoms with Gasteiger partial charge in [0.05, 0.1) is 13.2 Å². The van der Waals surface area contributed by atoms with Crippen molar-refractivity contribution in [2.45, 2.75) is 90.9 Å². The van der Waals surface area contributed by atoms with Crippen molar-refractivity contribution in [2.24, 2.45) is 0 Å². The van der Waals surface area contributed by atoms with E-state index in [1.54, 1.807) is 0 Å². The van der Waals surface area contributed by atoms with Crippen molar-refractivity contribution in [1.29, 1.82) is 0 Å². The first-order chi connectivity index (χ1) is 12.8. The van der Waals surface area contributed by atoms with Crippen molar-refractivity contribution in [3.63, 3.8) is 0 Å². The van der Waals surface area contributed by atoms with Crippen LogP contribution in [0.15, 0.2) is 0 Å². The van der Waals surface area contributed by atoms with Gasteiger partial charge in [-0.2, -0.15) is 0 Å². The highest BCUT2D eigenvalue weighted by Crippen LogP contribution is 2.08. The lowest BCUT2D eigenvalue weighted by molar-refractivity contribution is 0.148. The fourth-order valence-electron chi connectivity index (χ4n) is 3.47. The molecule has 0 bridgehead atoms. The maximum atomic E-state index is 9.33. The number of aliphatic hydroxyl groups is 2. The van der Waals surface area contributed by atoms with Crippen molar-refractivity contribution in [2.75, 3.05) is 52.5 Å². The molecule has 0 saturated heterocycles. The van der Waals surface area contributed by atoms with Crippen LogP contribution in [0, 0.1) is 0 Å². The minimum atomic E-state index is 0.243. The Bertz CT molecular complexity index is 239. The van der Waals surface area contributed by atoms with Gasteiger partial charge < -0.3 is 10.2 Å². The van der Waals surface area contributed by atoms with Crippen LogP contribution in [0.1, 0.15) is 90.9 Å². The number of nitrogens with zero attached hydrogens (tertiary/aromatic N) is 2. The predicted molar refractivity (Wildman–Crippen MR) is 114 cm³/mol. The highest BCUT2D eigenvalue weighted by Gasteiger charge is 2.09. The van der Waals surface area contributed by atoms with E-state index in [0.717, 1.165) is 39.3 Å². The molecule has 4 heteroatoms. The van der Waals surface area contributed by atoms with Crippen LogP contribution in [0.4, 0.5) is 0 Å². The molecule has 0 spiro atoms. The molecule has 0 fully saturated rings. The largest absolute Gasteiger partial charge is 0.395 e. The quantitative estimate of drug-likeness (QED) is 0.295. The Morgan fingerprint density at radius 2 is 0.769 bits per heavy atom. The molecule has 0 radical (unpaired) electrons. The molecule has 0 aliphatic heterocycles. The van der Waals surface area contributed by atoms with Crippen molar-refractivity contribution in [3.8, 4) is 0 Å². The van der Waals surface area contributed by atoms with E-state index in [2.05, 4.69) is 23.6 Å². The lowest BCUT2D eigenvalue weighted by Crippen LogP contribution is -2.38. The van der Waals surface area contributed by atoms with E-state index in [1.807, 2.05) is 0 Å². The van der Waals surface area contributed by atoms with Crippen LogP contribution >= 0.6 is 0 Å². The van der Waals surface area contributed by atoms with E-state index < -0.39 is 0 Å². The Morgan fingerprint density at radius 1 is 0.423 bits per heavy atom. The second-order valence-electron chi connectivity index (χ2n) is 7.67.